The number of hydrogen-bond donors (Lipinski definition) is 1. The molecule has 0 aliphatic carbocycles. The van der Waals surface area contributed by atoms with Crippen LogP contribution in [0.5, 0.6) is 0 Å². The molecule has 1 aromatic rings. The Kier molecular flexibility index (Phi) is 4.62. The van der Waals surface area contributed by atoms with E-state index in [9.17, 15) is 13.2 Å². The molecule has 0 radical (unpaired) electrons. The van der Waals surface area contributed by atoms with Crippen LogP contribution in [0.15, 0.2) is 11.2 Å². The van der Waals surface area contributed by atoms with E-state index >= 15 is 0 Å². The fourth-order valence-electron chi connectivity index (χ4n) is 2.12. The molecular weight excluding hydrogens is 326 g/mol. The highest BCUT2D eigenvalue weighted by Gasteiger charge is 2.37. The second kappa shape index (κ2) is 5.92. The lowest BCUT2D eigenvalue weighted by Crippen LogP contribution is -2.47. The van der Waals surface area contributed by atoms with Gasteiger partial charge in [0.05, 0.1) is 17.6 Å². The van der Waals surface area contributed by atoms with E-state index in [0.717, 1.165) is 0 Å². The van der Waals surface area contributed by atoms with Gasteiger partial charge in [-0.25, -0.2) is 8.42 Å². The van der Waals surface area contributed by atoms with Crippen LogP contribution in [0.3, 0.4) is 0 Å². The van der Waals surface area contributed by atoms with E-state index in [2.05, 4.69) is 5.10 Å². The lowest BCUT2D eigenvalue weighted by atomic mass is 10.2. The van der Waals surface area contributed by atoms with Crippen LogP contribution in [0.1, 0.15) is 6.42 Å². The highest BCUT2D eigenvalue weighted by molar-refractivity contribution is 7.99. The smallest absolute Gasteiger partial charge is 0.305 e. The highest BCUT2D eigenvalue weighted by Crippen LogP contribution is 2.29. The number of nitrogens with zero attached hydrogens (tertiary/aromatic N) is 3. The summed E-state index contributed by atoms with van der Waals surface area (Å²) >= 11 is 7.44. The van der Waals surface area contributed by atoms with E-state index in [-0.39, 0.29) is 23.0 Å². The van der Waals surface area contributed by atoms with Gasteiger partial charge in [-0.15, -0.1) is 0 Å². The number of carboxylic acids is 1. The largest absolute Gasteiger partial charge is 0.481 e. The molecule has 7 nitrogen and oxygen atoms in total. The molecule has 1 N–H and O–H groups in total. The molecular formula is C10H14ClN3O4S2. The van der Waals surface area contributed by atoms with Crippen molar-refractivity contribution >= 4 is 39.4 Å². The SMILES string of the molecule is Cn1ncc(Cl)c1S(=O)(=O)N1CCSCC1CC(=O)O. The van der Waals surface area contributed by atoms with Gasteiger partial charge in [-0.1, -0.05) is 11.6 Å². The van der Waals surface area contributed by atoms with Crippen molar-refractivity contribution in [3.8, 4) is 0 Å². The van der Waals surface area contributed by atoms with E-state index < -0.39 is 22.0 Å². The van der Waals surface area contributed by atoms with Crippen LogP contribution in [-0.4, -0.2) is 57.7 Å². The van der Waals surface area contributed by atoms with Crippen molar-refractivity contribution in [2.45, 2.75) is 17.5 Å². The summed E-state index contributed by atoms with van der Waals surface area (Å²) in [6, 6.07) is -0.567. The maximum absolute atomic E-state index is 12.7. The first kappa shape index (κ1) is 15.6. The van der Waals surface area contributed by atoms with E-state index in [1.165, 1.54) is 22.2 Å². The third kappa shape index (κ3) is 2.95. The molecule has 0 saturated carbocycles. The van der Waals surface area contributed by atoms with Gasteiger partial charge < -0.3 is 5.11 Å². The molecule has 0 aromatic carbocycles. The van der Waals surface area contributed by atoms with E-state index in [1.807, 2.05) is 0 Å². The summed E-state index contributed by atoms with van der Waals surface area (Å²) in [4.78, 5) is 10.9. The van der Waals surface area contributed by atoms with Gasteiger partial charge in [0.2, 0.25) is 0 Å². The fraction of sp³-hybridized carbons (Fsp3) is 0.600. The topological polar surface area (TPSA) is 92.5 Å². The number of halogens is 1. The van der Waals surface area contributed by atoms with Gasteiger partial charge in [0.15, 0.2) is 5.03 Å². The molecule has 2 rings (SSSR count). The summed E-state index contributed by atoms with van der Waals surface area (Å²) < 4.78 is 27.7. The predicted molar refractivity (Wildman–Crippen MR) is 75.5 cm³/mol. The first-order valence-electron chi connectivity index (χ1n) is 5.83. The molecule has 0 amide bonds. The number of hydrogen-bond acceptors (Lipinski definition) is 5. The quantitative estimate of drug-likeness (QED) is 0.866. The molecule has 1 saturated heterocycles. The first-order valence-corrected chi connectivity index (χ1v) is 8.80. The third-order valence-electron chi connectivity index (χ3n) is 2.98. The number of rotatable bonds is 4. The molecule has 0 spiro atoms. The lowest BCUT2D eigenvalue weighted by molar-refractivity contribution is -0.137. The number of thioether (sulfide) groups is 1. The van der Waals surface area contributed by atoms with Gasteiger partial charge in [-0.3, -0.25) is 9.48 Å². The Hall–Kier alpha value is -0.770. The average Bonchev–Trinajstić information content (AvgIpc) is 2.69. The van der Waals surface area contributed by atoms with Crippen molar-refractivity contribution in [2.24, 2.45) is 7.05 Å². The maximum Gasteiger partial charge on any atom is 0.305 e. The zero-order chi connectivity index (χ0) is 14.9. The lowest BCUT2D eigenvalue weighted by Gasteiger charge is -2.33. The minimum Gasteiger partial charge on any atom is -0.481 e. The fourth-order valence-corrected chi connectivity index (χ4v) is 5.63. The van der Waals surface area contributed by atoms with Crippen molar-refractivity contribution in [2.75, 3.05) is 18.1 Å². The summed E-state index contributed by atoms with van der Waals surface area (Å²) in [5.74, 6) is 0.0695. The van der Waals surface area contributed by atoms with Crippen LogP contribution in [0.4, 0.5) is 0 Å². The van der Waals surface area contributed by atoms with Crippen molar-refractivity contribution < 1.29 is 18.3 Å². The van der Waals surface area contributed by atoms with Gasteiger partial charge in [0, 0.05) is 31.1 Å². The van der Waals surface area contributed by atoms with Crippen molar-refractivity contribution in [3.63, 3.8) is 0 Å². The second-order valence-corrected chi connectivity index (χ2v) is 7.73. The van der Waals surface area contributed by atoms with Gasteiger partial charge >= 0.3 is 5.97 Å². The van der Waals surface area contributed by atoms with E-state index in [0.29, 0.717) is 11.5 Å². The maximum atomic E-state index is 12.7. The van der Waals surface area contributed by atoms with Crippen LogP contribution < -0.4 is 0 Å². The zero-order valence-electron chi connectivity index (χ0n) is 10.7. The molecule has 1 atom stereocenters. The van der Waals surface area contributed by atoms with Gasteiger partial charge in [0.1, 0.15) is 0 Å². The Balaban J connectivity index is 2.38. The normalized spacial score (nSPS) is 21.0. The summed E-state index contributed by atoms with van der Waals surface area (Å²) in [5.41, 5.74) is 0. The minimum absolute atomic E-state index is 0.0415. The molecule has 1 unspecified atom stereocenters. The average molecular weight is 340 g/mol. The van der Waals surface area contributed by atoms with Crippen LogP contribution >= 0.6 is 23.4 Å². The molecule has 0 bridgehead atoms. The van der Waals surface area contributed by atoms with Gasteiger partial charge in [0.25, 0.3) is 10.0 Å². The van der Waals surface area contributed by atoms with Crippen LogP contribution in [0.2, 0.25) is 5.02 Å². The van der Waals surface area contributed by atoms with Crippen LogP contribution in [0.25, 0.3) is 0 Å². The number of aryl methyl sites for hydroxylation is 1. The predicted octanol–water partition coefficient (Wildman–Crippen LogP) is 0.654. The Bertz CT molecular complexity index is 597. The summed E-state index contributed by atoms with van der Waals surface area (Å²) in [6.07, 6.45) is 1.04. The number of carbonyl (C=O) groups is 1. The summed E-state index contributed by atoms with van der Waals surface area (Å²) in [5, 5.41) is 12.7. The molecule has 2 heterocycles. The number of carboxylic acid groups (broad SMARTS) is 1. The Morgan fingerprint density at radius 1 is 1.65 bits per heavy atom. The summed E-state index contributed by atoms with van der Waals surface area (Å²) in [6.45, 7) is 0.270. The van der Waals surface area contributed by atoms with Crippen molar-refractivity contribution in [1.82, 2.24) is 14.1 Å². The molecule has 10 heteroatoms. The Morgan fingerprint density at radius 3 is 2.90 bits per heavy atom. The minimum atomic E-state index is -3.85. The van der Waals surface area contributed by atoms with E-state index in [1.54, 1.807) is 11.8 Å². The summed E-state index contributed by atoms with van der Waals surface area (Å²) in [7, 11) is -2.36. The molecule has 20 heavy (non-hydrogen) atoms. The highest BCUT2D eigenvalue weighted by atomic mass is 35.5. The Labute approximate surface area is 125 Å². The third-order valence-corrected chi connectivity index (χ3v) is 6.53. The standard InChI is InChI=1S/C10H14ClN3O4S2/c1-13-10(8(11)5-12-13)20(17,18)14-2-3-19-6-7(14)4-9(15)16/h5,7H,2-4,6H2,1H3,(H,15,16). The second-order valence-electron chi connectivity index (χ2n) is 4.36. The number of sulfonamides is 1. The van der Waals surface area contributed by atoms with Crippen molar-refractivity contribution in [1.29, 1.82) is 0 Å². The van der Waals surface area contributed by atoms with Crippen molar-refractivity contribution in [3.05, 3.63) is 11.2 Å². The van der Waals surface area contributed by atoms with Gasteiger partial charge in [-0.05, 0) is 0 Å². The first-order chi connectivity index (χ1) is 9.34. The number of aromatic nitrogens is 2. The molecule has 112 valence electrons. The monoisotopic (exact) mass is 339 g/mol. The molecule has 1 aliphatic heterocycles. The number of aliphatic carboxylic acids is 1. The molecule has 1 fully saturated rings. The van der Waals surface area contributed by atoms with E-state index in [4.69, 9.17) is 16.7 Å². The van der Waals surface area contributed by atoms with Gasteiger partial charge in [-0.2, -0.15) is 21.2 Å². The zero-order valence-corrected chi connectivity index (χ0v) is 13.1. The molecule has 1 aliphatic rings. The Morgan fingerprint density at radius 2 is 2.35 bits per heavy atom. The van der Waals surface area contributed by atoms with Crippen LogP contribution in [-0.2, 0) is 21.9 Å². The van der Waals surface area contributed by atoms with Crippen LogP contribution in [0, 0.1) is 0 Å². The molecule has 1 aromatic heterocycles.